The molecule has 0 aliphatic rings. The summed E-state index contributed by atoms with van der Waals surface area (Å²) in [5.41, 5.74) is 1.06. The first-order valence-corrected chi connectivity index (χ1v) is 5.35. The monoisotopic (exact) mass is 268 g/mol. The van der Waals surface area contributed by atoms with Crippen molar-refractivity contribution >= 4 is 29.2 Å². The minimum absolute atomic E-state index is 0.289. The predicted molar refractivity (Wildman–Crippen MR) is 64.4 cm³/mol. The minimum atomic E-state index is -1.20. The van der Waals surface area contributed by atoms with Crippen molar-refractivity contribution in [2.75, 3.05) is 0 Å². The lowest BCUT2D eigenvalue weighted by atomic mass is 10.1. The first kappa shape index (κ1) is 11.8. The first-order chi connectivity index (χ1) is 8.08. The van der Waals surface area contributed by atoms with Gasteiger partial charge in [-0.1, -0.05) is 35.3 Å². The number of halogens is 2. The maximum atomic E-state index is 10.8. The molecule has 1 N–H and O–H groups in total. The van der Waals surface area contributed by atoms with Crippen molar-refractivity contribution in [1.82, 2.24) is 9.97 Å². The van der Waals surface area contributed by atoms with E-state index in [1.165, 1.54) is 6.20 Å². The molecule has 2 aromatic rings. The Hall–Kier alpha value is -1.65. The fourth-order valence-corrected chi connectivity index (χ4v) is 1.61. The minimum Gasteiger partial charge on any atom is -0.475 e. The molecule has 1 heterocycles. The van der Waals surface area contributed by atoms with Gasteiger partial charge in [0, 0.05) is 10.6 Å². The summed E-state index contributed by atoms with van der Waals surface area (Å²) in [5.74, 6) is -1.49. The molecule has 2 rings (SSSR count). The van der Waals surface area contributed by atoms with Crippen molar-refractivity contribution in [3.05, 3.63) is 46.3 Å². The molecule has 0 aliphatic heterocycles. The summed E-state index contributed by atoms with van der Waals surface area (Å²) in [6.45, 7) is 0. The van der Waals surface area contributed by atoms with E-state index >= 15 is 0 Å². The van der Waals surface area contributed by atoms with Gasteiger partial charge in [0.25, 0.3) is 0 Å². The second-order valence-corrected chi connectivity index (χ2v) is 4.05. The highest BCUT2D eigenvalue weighted by Gasteiger charge is 2.12. The number of aromatic carboxylic acids is 1. The number of nitrogens with zero attached hydrogens (tertiary/aromatic N) is 2. The van der Waals surface area contributed by atoms with E-state index in [-0.39, 0.29) is 10.8 Å². The van der Waals surface area contributed by atoms with Crippen molar-refractivity contribution in [3.8, 4) is 11.3 Å². The second kappa shape index (κ2) is 4.69. The molecule has 0 saturated heterocycles. The summed E-state index contributed by atoms with van der Waals surface area (Å²) in [4.78, 5) is 18.3. The Morgan fingerprint density at radius 3 is 2.41 bits per heavy atom. The highest BCUT2D eigenvalue weighted by Crippen LogP contribution is 2.26. The van der Waals surface area contributed by atoms with Crippen LogP contribution in [0, 0.1) is 0 Å². The molecule has 0 atom stereocenters. The molecule has 1 aromatic carbocycles. The highest BCUT2D eigenvalue weighted by atomic mass is 35.5. The van der Waals surface area contributed by atoms with Gasteiger partial charge in [-0.15, -0.1) is 0 Å². The van der Waals surface area contributed by atoms with E-state index in [0.29, 0.717) is 16.3 Å². The molecule has 0 spiro atoms. The smallest absolute Gasteiger partial charge is 0.373 e. The van der Waals surface area contributed by atoms with E-state index in [0.717, 1.165) is 0 Å². The quantitative estimate of drug-likeness (QED) is 0.909. The molecule has 17 heavy (non-hydrogen) atoms. The standard InChI is InChI=1S/C11H6Cl2N2O2/c12-7-3-1-6(2-4-7)9-8(13)5-14-10(15-9)11(16)17/h1-5H,(H,16,17). The van der Waals surface area contributed by atoms with Crippen LogP contribution < -0.4 is 0 Å². The molecule has 86 valence electrons. The number of carboxylic acid groups (broad SMARTS) is 1. The van der Waals surface area contributed by atoms with Gasteiger partial charge in [-0.3, -0.25) is 0 Å². The molecule has 0 amide bonds. The molecule has 4 nitrogen and oxygen atoms in total. The molecule has 0 unspecified atom stereocenters. The van der Waals surface area contributed by atoms with Gasteiger partial charge in [-0.05, 0) is 12.1 Å². The van der Waals surface area contributed by atoms with Crippen molar-refractivity contribution in [1.29, 1.82) is 0 Å². The molecular weight excluding hydrogens is 263 g/mol. The van der Waals surface area contributed by atoms with Crippen LogP contribution in [0.15, 0.2) is 30.5 Å². The molecule has 6 heteroatoms. The normalized spacial score (nSPS) is 10.2. The number of carboxylic acids is 1. The van der Waals surface area contributed by atoms with Gasteiger partial charge in [0.2, 0.25) is 5.82 Å². The van der Waals surface area contributed by atoms with E-state index in [1.807, 2.05) is 0 Å². The lowest BCUT2D eigenvalue weighted by Gasteiger charge is -2.04. The van der Waals surface area contributed by atoms with Crippen molar-refractivity contribution < 1.29 is 9.90 Å². The zero-order valence-corrected chi connectivity index (χ0v) is 9.90. The number of hydrogen-bond donors (Lipinski definition) is 1. The highest BCUT2D eigenvalue weighted by molar-refractivity contribution is 6.33. The molecule has 0 bridgehead atoms. The van der Waals surface area contributed by atoms with Gasteiger partial charge in [-0.2, -0.15) is 0 Å². The van der Waals surface area contributed by atoms with Crippen molar-refractivity contribution in [2.45, 2.75) is 0 Å². The number of hydrogen-bond acceptors (Lipinski definition) is 3. The van der Waals surface area contributed by atoms with Crippen LogP contribution in [0.4, 0.5) is 0 Å². The predicted octanol–water partition coefficient (Wildman–Crippen LogP) is 3.15. The maximum Gasteiger partial charge on any atom is 0.373 e. The third kappa shape index (κ3) is 2.54. The van der Waals surface area contributed by atoms with Gasteiger partial charge >= 0.3 is 5.97 Å². The second-order valence-electron chi connectivity index (χ2n) is 3.20. The Balaban J connectivity index is 2.54. The zero-order valence-electron chi connectivity index (χ0n) is 8.39. The van der Waals surface area contributed by atoms with Gasteiger partial charge in [0.15, 0.2) is 0 Å². The summed E-state index contributed by atoms with van der Waals surface area (Å²) in [6, 6.07) is 6.77. The number of benzene rings is 1. The van der Waals surface area contributed by atoms with Crippen LogP contribution in [-0.4, -0.2) is 21.0 Å². The van der Waals surface area contributed by atoms with Crippen LogP contribution in [0.3, 0.4) is 0 Å². The van der Waals surface area contributed by atoms with Gasteiger partial charge in [-0.25, -0.2) is 14.8 Å². The molecule has 1 aromatic heterocycles. The van der Waals surface area contributed by atoms with Gasteiger partial charge in [0.05, 0.1) is 16.9 Å². The van der Waals surface area contributed by atoms with E-state index in [2.05, 4.69) is 9.97 Å². The molecule has 0 saturated carbocycles. The van der Waals surface area contributed by atoms with Crippen LogP contribution in [0.25, 0.3) is 11.3 Å². The summed E-state index contributed by atoms with van der Waals surface area (Å²) in [5, 5.41) is 9.67. The van der Waals surface area contributed by atoms with E-state index in [4.69, 9.17) is 28.3 Å². The van der Waals surface area contributed by atoms with E-state index in [1.54, 1.807) is 24.3 Å². The summed E-state index contributed by atoms with van der Waals surface area (Å²) in [7, 11) is 0. The Labute approximate surface area is 107 Å². The van der Waals surface area contributed by atoms with Crippen LogP contribution in [0.1, 0.15) is 10.6 Å². The van der Waals surface area contributed by atoms with Crippen molar-refractivity contribution in [3.63, 3.8) is 0 Å². The summed E-state index contributed by atoms with van der Waals surface area (Å²) >= 11 is 11.7. The topological polar surface area (TPSA) is 63.1 Å². The summed E-state index contributed by atoms with van der Waals surface area (Å²) in [6.07, 6.45) is 1.27. The van der Waals surface area contributed by atoms with Gasteiger partial charge < -0.3 is 5.11 Å². The molecule has 0 fully saturated rings. The van der Waals surface area contributed by atoms with Crippen LogP contribution in [0.5, 0.6) is 0 Å². The fraction of sp³-hybridized carbons (Fsp3) is 0. The Morgan fingerprint density at radius 2 is 1.82 bits per heavy atom. The molecular formula is C11H6Cl2N2O2. The third-order valence-corrected chi connectivity index (χ3v) is 2.58. The maximum absolute atomic E-state index is 10.8. The number of rotatable bonds is 2. The average molecular weight is 269 g/mol. The third-order valence-electron chi connectivity index (χ3n) is 2.05. The van der Waals surface area contributed by atoms with Crippen LogP contribution in [0.2, 0.25) is 10.0 Å². The van der Waals surface area contributed by atoms with Gasteiger partial charge in [0.1, 0.15) is 0 Å². The average Bonchev–Trinajstić information content (AvgIpc) is 2.31. The Kier molecular flexibility index (Phi) is 3.26. The molecule has 0 aliphatic carbocycles. The number of carbonyl (C=O) groups is 1. The Morgan fingerprint density at radius 1 is 1.18 bits per heavy atom. The van der Waals surface area contributed by atoms with Crippen LogP contribution >= 0.6 is 23.2 Å². The largest absolute Gasteiger partial charge is 0.475 e. The SMILES string of the molecule is O=C(O)c1ncc(Cl)c(-c2ccc(Cl)cc2)n1. The number of aromatic nitrogens is 2. The lowest BCUT2D eigenvalue weighted by Crippen LogP contribution is -2.04. The fourth-order valence-electron chi connectivity index (χ4n) is 1.28. The molecule has 0 radical (unpaired) electrons. The van der Waals surface area contributed by atoms with Crippen molar-refractivity contribution in [2.24, 2.45) is 0 Å². The first-order valence-electron chi connectivity index (χ1n) is 4.59. The van der Waals surface area contributed by atoms with E-state index in [9.17, 15) is 4.79 Å². The zero-order chi connectivity index (χ0) is 12.4. The van der Waals surface area contributed by atoms with E-state index < -0.39 is 5.97 Å². The van der Waals surface area contributed by atoms with Crippen LogP contribution in [-0.2, 0) is 0 Å². The lowest BCUT2D eigenvalue weighted by molar-refractivity contribution is 0.0683. The Bertz CT molecular complexity index is 570. The summed E-state index contributed by atoms with van der Waals surface area (Å²) < 4.78 is 0.